The lowest BCUT2D eigenvalue weighted by Crippen LogP contribution is -2.28. The number of hydrogen-bond donors (Lipinski definition) is 1. The van der Waals surface area contributed by atoms with E-state index < -0.39 is 24.4 Å². The third kappa shape index (κ3) is 3.83. The van der Waals surface area contributed by atoms with Crippen LogP contribution in [0.1, 0.15) is 13.3 Å². The molecule has 0 saturated carbocycles. The van der Waals surface area contributed by atoms with Crippen LogP contribution in [0.25, 0.3) is 22.6 Å². The van der Waals surface area contributed by atoms with E-state index in [4.69, 9.17) is 9.84 Å². The molecule has 1 saturated heterocycles. The fourth-order valence-corrected chi connectivity index (χ4v) is 3.07. The van der Waals surface area contributed by atoms with Gasteiger partial charge in [0, 0.05) is 17.3 Å². The van der Waals surface area contributed by atoms with E-state index in [0.717, 1.165) is 17.4 Å². The number of aliphatic hydroxyl groups excluding tert-OH is 1. The highest BCUT2D eigenvalue weighted by molar-refractivity contribution is 5.90. The van der Waals surface area contributed by atoms with Gasteiger partial charge in [-0.1, -0.05) is 13.0 Å². The van der Waals surface area contributed by atoms with E-state index >= 15 is 0 Å². The highest BCUT2D eigenvalue weighted by atomic mass is 19.1. The smallest absolute Gasteiger partial charge is 0.414 e. The molecule has 0 bridgehead atoms. The number of hydrogen-bond acceptors (Lipinski definition) is 7. The van der Waals surface area contributed by atoms with E-state index in [1.54, 1.807) is 12.1 Å². The molecule has 30 heavy (non-hydrogen) atoms. The lowest BCUT2D eigenvalue weighted by molar-refractivity contribution is -0.0503. The van der Waals surface area contributed by atoms with Gasteiger partial charge in [-0.2, -0.15) is 4.80 Å². The molecule has 4 rings (SSSR count). The zero-order chi connectivity index (χ0) is 21.3. The van der Waals surface area contributed by atoms with Crippen LogP contribution >= 0.6 is 0 Å². The van der Waals surface area contributed by atoms with Gasteiger partial charge in [-0.3, -0.25) is 9.88 Å². The van der Waals surface area contributed by atoms with Gasteiger partial charge in [0.1, 0.15) is 11.5 Å². The molecule has 2 atom stereocenters. The second-order valence-corrected chi connectivity index (χ2v) is 6.71. The molecule has 1 aromatic carbocycles. The average Bonchev–Trinajstić information content (AvgIpc) is 3.35. The molecule has 156 valence electrons. The van der Waals surface area contributed by atoms with Crippen molar-refractivity contribution >= 4 is 11.8 Å². The molecular formula is C19H18F2N6O3. The van der Waals surface area contributed by atoms with Crippen LogP contribution in [0.2, 0.25) is 0 Å². The Morgan fingerprint density at radius 1 is 1.33 bits per heavy atom. The SMILES string of the molecule is CCCn1nnc(-c2ccc(-c3ccc(N4C[C@@H](C(O)F)OC4=O)cc3F)cn2)n1. The van der Waals surface area contributed by atoms with Crippen molar-refractivity contribution in [2.45, 2.75) is 32.4 Å². The summed E-state index contributed by atoms with van der Waals surface area (Å²) in [5.74, 6) is -0.214. The zero-order valence-electron chi connectivity index (χ0n) is 15.9. The lowest BCUT2D eigenvalue weighted by atomic mass is 10.1. The Morgan fingerprint density at radius 3 is 2.80 bits per heavy atom. The third-order valence-electron chi connectivity index (χ3n) is 4.59. The van der Waals surface area contributed by atoms with Gasteiger partial charge < -0.3 is 9.84 Å². The summed E-state index contributed by atoms with van der Waals surface area (Å²) in [6, 6.07) is 7.50. The van der Waals surface area contributed by atoms with Crippen LogP contribution < -0.4 is 4.90 Å². The first-order valence-corrected chi connectivity index (χ1v) is 9.30. The minimum absolute atomic E-state index is 0.200. The van der Waals surface area contributed by atoms with Gasteiger partial charge in [0.15, 0.2) is 6.10 Å². The summed E-state index contributed by atoms with van der Waals surface area (Å²) in [6.07, 6.45) is -2.08. The molecule has 1 amide bonds. The molecule has 1 unspecified atom stereocenters. The number of halogens is 2. The molecule has 9 nitrogen and oxygen atoms in total. The standard InChI is InChI=1S/C19H18F2N6O3/c1-2-7-27-24-18(23-25-27)15-6-3-11(9-22-15)13-5-4-12(8-14(13)20)26-10-16(17(21)28)30-19(26)29/h3-6,8-9,16-17,28H,2,7,10H2,1H3/t16-,17?/m0/s1. The summed E-state index contributed by atoms with van der Waals surface area (Å²) in [5, 5.41) is 21.1. The molecular weight excluding hydrogens is 398 g/mol. The first-order chi connectivity index (χ1) is 14.5. The number of carbonyl (C=O) groups excluding carboxylic acids is 1. The molecule has 1 aliphatic heterocycles. The van der Waals surface area contributed by atoms with Gasteiger partial charge in [-0.05, 0) is 35.9 Å². The van der Waals surface area contributed by atoms with Crippen molar-refractivity contribution in [3.63, 3.8) is 0 Å². The molecule has 3 aromatic rings. The van der Waals surface area contributed by atoms with Gasteiger partial charge in [0.25, 0.3) is 0 Å². The summed E-state index contributed by atoms with van der Waals surface area (Å²) in [4.78, 5) is 18.7. The normalized spacial score (nSPS) is 17.3. The van der Waals surface area contributed by atoms with Crippen LogP contribution in [-0.4, -0.2) is 55.4 Å². The lowest BCUT2D eigenvalue weighted by Gasteiger charge is -2.14. The number of benzene rings is 1. The van der Waals surface area contributed by atoms with Crippen molar-refractivity contribution < 1.29 is 23.4 Å². The van der Waals surface area contributed by atoms with Gasteiger partial charge in [0.2, 0.25) is 12.2 Å². The number of cyclic esters (lactones) is 1. The molecule has 0 aliphatic carbocycles. The summed E-state index contributed by atoms with van der Waals surface area (Å²) < 4.78 is 32.4. The quantitative estimate of drug-likeness (QED) is 0.658. The predicted octanol–water partition coefficient (Wildman–Crippen LogP) is 2.56. The van der Waals surface area contributed by atoms with Crippen LogP contribution in [0.4, 0.5) is 19.3 Å². The van der Waals surface area contributed by atoms with Crippen molar-refractivity contribution in [1.82, 2.24) is 25.2 Å². The van der Waals surface area contributed by atoms with E-state index in [2.05, 4.69) is 20.4 Å². The van der Waals surface area contributed by atoms with Gasteiger partial charge in [-0.25, -0.2) is 13.6 Å². The number of aromatic nitrogens is 5. The van der Waals surface area contributed by atoms with E-state index in [9.17, 15) is 13.6 Å². The van der Waals surface area contributed by atoms with Gasteiger partial charge >= 0.3 is 6.09 Å². The van der Waals surface area contributed by atoms with Gasteiger partial charge in [-0.15, -0.1) is 10.2 Å². The second kappa shape index (κ2) is 8.11. The average molecular weight is 416 g/mol. The number of tetrazole rings is 1. The zero-order valence-corrected chi connectivity index (χ0v) is 15.9. The molecule has 0 radical (unpaired) electrons. The maximum absolute atomic E-state index is 14.7. The maximum atomic E-state index is 14.7. The fourth-order valence-electron chi connectivity index (χ4n) is 3.07. The van der Waals surface area contributed by atoms with E-state index in [1.807, 2.05) is 6.92 Å². The number of anilines is 1. The van der Waals surface area contributed by atoms with Crippen LogP contribution in [0.5, 0.6) is 0 Å². The van der Waals surface area contributed by atoms with Crippen molar-refractivity contribution in [3.05, 3.63) is 42.3 Å². The molecule has 1 fully saturated rings. The fraction of sp³-hybridized carbons (Fsp3) is 0.316. The largest absolute Gasteiger partial charge is 0.438 e. The first kappa shape index (κ1) is 19.8. The topological polar surface area (TPSA) is 106 Å². The van der Waals surface area contributed by atoms with Gasteiger partial charge in [0.05, 0.1) is 18.8 Å². The van der Waals surface area contributed by atoms with Crippen molar-refractivity contribution in [1.29, 1.82) is 0 Å². The highest BCUT2D eigenvalue weighted by Gasteiger charge is 2.37. The number of rotatable bonds is 6. The van der Waals surface area contributed by atoms with Crippen molar-refractivity contribution in [2.24, 2.45) is 0 Å². The molecule has 2 aromatic heterocycles. The number of alkyl halides is 1. The van der Waals surface area contributed by atoms with Crippen molar-refractivity contribution in [3.8, 4) is 22.6 Å². The van der Waals surface area contributed by atoms with Crippen LogP contribution in [0.3, 0.4) is 0 Å². The summed E-state index contributed by atoms with van der Waals surface area (Å²) >= 11 is 0. The number of nitrogens with zero attached hydrogens (tertiary/aromatic N) is 6. The van der Waals surface area contributed by atoms with Crippen molar-refractivity contribution in [2.75, 3.05) is 11.4 Å². The molecule has 1 aliphatic rings. The number of ether oxygens (including phenoxy) is 1. The molecule has 0 spiro atoms. The number of aliphatic hydroxyl groups is 1. The predicted molar refractivity (Wildman–Crippen MR) is 101 cm³/mol. The van der Waals surface area contributed by atoms with E-state index in [0.29, 0.717) is 23.6 Å². The second-order valence-electron chi connectivity index (χ2n) is 6.71. The molecule has 1 N–H and O–H groups in total. The minimum atomic E-state index is -2.30. The summed E-state index contributed by atoms with van der Waals surface area (Å²) in [5.41, 5.74) is 1.50. The summed E-state index contributed by atoms with van der Waals surface area (Å²) in [6.45, 7) is 2.45. The third-order valence-corrected chi connectivity index (χ3v) is 4.59. The van der Waals surface area contributed by atoms with E-state index in [1.165, 1.54) is 23.1 Å². The highest BCUT2D eigenvalue weighted by Crippen LogP contribution is 2.30. The number of aryl methyl sites for hydroxylation is 1. The Labute approximate surface area is 169 Å². The Bertz CT molecular complexity index is 1060. The Balaban J connectivity index is 1.54. The van der Waals surface area contributed by atoms with E-state index in [-0.39, 0.29) is 17.8 Å². The van der Waals surface area contributed by atoms with Crippen LogP contribution in [0, 0.1) is 5.82 Å². The Morgan fingerprint density at radius 2 is 2.17 bits per heavy atom. The Kier molecular flexibility index (Phi) is 5.36. The monoisotopic (exact) mass is 416 g/mol. The number of amides is 1. The number of carbonyl (C=O) groups is 1. The summed E-state index contributed by atoms with van der Waals surface area (Å²) in [7, 11) is 0. The Hall–Kier alpha value is -3.47. The first-order valence-electron chi connectivity index (χ1n) is 9.30. The molecule has 3 heterocycles. The maximum Gasteiger partial charge on any atom is 0.414 e. The minimum Gasteiger partial charge on any atom is -0.438 e. The van der Waals surface area contributed by atoms with Crippen LogP contribution in [0.15, 0.2) is 36.5 Å². The van der Waals surface area contributed by atoms with Crippen LogP contribution in [-0.2, 0) is 11.3 Å². The molecule has 11 heteroatoms. The number of pyridine rings is 1.